The fraction of sp³-hybridized carbons (Fsp3) is 0.143. The van der Waals surface area contributed by atoms with Crippen LogP contribution in [0.25, 0.3) is 0 Å². The Balaban J connectivity index is 0. The second kappa shape index (κ2) is 6.55. The number of benzene rings is 1. The van der Waals surface area contributed by atoms with Crippen LogP contribution >= 0.6 is 0 Å². The Bertz CT molecular complexity index is 640. The molecule has 0 aliphatic heterocycles. The first-order chi connectivity index (χ1) is 7.05. The van der Waals surface area contributed by atoms with Gasteiger partial charge < -0.3 is 9.11 Å². The van der Waals surface area contributed by atoms with Crippen LogP contribution in [0.4, 0.5) is 4.39 Å². The molecule has 11 heteroatoms. The van der Waals surface area contributed by atoms with E-state index in [-0.39, 0.29) is 37.7 Å². The Hall–Kier alpha value is 0.165. The van der Waals surface area contributed by atoms with Gasteiger partial charge >= 0.3 is 37.7 Å². The molecule has 0 atom stereocenters. The molecule has 1 aromatic carbocycles. The van der Waals surface area contributed by atoms with Gasteiger partial charge in [0, 0.05) is 5.56 Å². The second-order valence-corrected chi connectivity index (χ2v) is 5.57. The molecule has 0 bridgehead atoms. The van der Waals surface area contributed by atoms with Crippen LogP contribution < -0.4 is 37.7 Å². The van der Waals surface area contributed by atoms with Gasteiger partial charge in [-0.2, -0.15) is 0 Å². The maximum absolute atomic E-state index is 13.0. The monoisotopic (exact) mass is 282 g/mol. The van der Waals surface area contributed by atoms with E-state index in [4.69, 9.17) is 0 Å². The molecular weight excluding hydrogens is 277 g/mol. The fourth-order valence-corrected chi connectivity index (χ4v) is 3.16. The molecule has 90 valence electrons. The molecule has 0 unspecified atom stereocenters. The Morgan fingerprint density at radius 3 is 1.78 bits per heavy atom. The number of hydrogen-bond acceptors (Lipinski definition) is 6. The third kappa shape index (κ3) is 4.37. The molecule has 1 rings (SSSR count). The van der Waals surface area contributed by atoms with Crippen LogP contribution in [0.15, 0.2) is 21.9 Å². The smallest absolute Gasteiger partial charge is 0.744 e. The third-order valence-corrected chi connectivity index (χ3v) is 3.86. The summed E-state index contributed by atoms with van der Waals surface area (Å²) in [5, 5.41) is 0. The molecule has 1 aromatic rings. The maximum Gasteiger partial charge on any atom is 1.00 e. The molecule has 6 nitrogen and oxygen atoms in total. The largest absolute Gasteiger partial charge is 1.00 e. The van der Waals surface area contributed by atoms with Crippen LogP contribution in [-0.4, -0.2) is 25.9 Å². The molecule has 18 heavy (non-hydrogen) atoms. The zero-order valence-corrected chi connectivity index (χ0v) is 11.4. The molecule has 0 heterocycles. The summed E-state index contributed by atoms with van der Waals surface area (Å²) < 4.78 is 77.3. The van der Waals surface area contributed by atoms with Crippen molar-refractivity contribution in [2.75, 3.05) is 0 Å². The van der Waals surface area contributed by atoms with Crippen LogP contribution in [0.1, 0.15) is 5.56 Å². The first-order valence-corrected chi connectivity index (χ1v) is 6.57. The van der Waals surface area contributed by atoms with E-state index in [1.807, 2.05) is 0 Å². The van der Waals surface area contributed by atoms with E-state index in [9.17, 15) is 30.3 Å². The van der Waals surface area contributed by atoms with Gasteiger partial charge in [0.2, 0.25) is 0 Å². The maximum atomic E-state index is 13.0. The summed E-state index contributed by atoms with van der Waals surface area (Å²) in [4.78, 5) is -2.57. The van der Waals surface area contributed by atoms with E-state index in [1.54, 1.807) is 0 Å². The van der Waals surface area contributed by atoms with Gasteiger partial charge in [0.15, 0.2) is 0 Å². The van der Waals surface area contributed by atoms with Crippen LogP contribution in [0.2, 0.25) is 0 Å². The van der Waals surface area contributed by atoms with Crippen molar-refractivity contribution < 1.29 is 68.1 Å². The summed E-state index contributed by atoms with van der Waals surface area (Å²) in [5.41, 5.74) is -0.688. The van der Waals surface area contributed by atoms with E-state index >= 15 is 0 Å². The molecule has 0 aromatic heterocycles. The summed E-state index contributed by atoms with van der Waals surface area (Å²) in [6.07, 6.45) is 0. The zero-order valence-electron chi connectivity index (χ0n) is 9.80. The number of halogens is 1. The van der Waals surface area contributed by atoms with Crippen LogP contribution in [0.5, 0.6) is 0 Å². The van der Waals surface area contributed by atoms with Gasteiger partial charge in [0.05, 0.1) is 9.79 Å². The van der Waals surface area contributed by atoms with E-state index in [0.717, 1.165) is 6.92 Å². The molecule has 0 fully saturated rings. The van der Waals surface area contributed by atoms with Crippen molar-refractivity contribution in [2.45, 2.75) is 16.7 Å². The van der Waals surface area contributed by atoms with E-state index in [1.165, 1.54) is 0 Å². The van der Waals surface area contributed by atoms with Crippen LogP contribution in [-0.2, 0) is 20.2 Å². The summed E-state index contributed by atoms with van der Waals surface area (Å²) in [5.74, 6) is -1.08. The van der Waals surface area contributed by atoms with Gasteiger partial charge in [-0.05, 0) is 19.1 Å². The van der Waals surface area contributed by atoms with Gasteiger partial charge in [-0.3, -0.25) is 0 Å². The molecule has 0 saturated heterocycles. The Labute approximate surface area is 128 Å². The van der Waals surface area contributed by atoms with Crippen molar-refractivity contribution in [2.24, 2.45) is 0 Å². The molecule has 0 aliphatic carbocycles. The zero-order chi connectivity index (χ0) is 12.7. The molecule has 0 spiro atoms. The molecule has 0 N–H and O–H groups in total. The summed E-state index contributed by atoms with van der Waals surface area (Å²) in [6, 6.07) is 1.06. The van der Waals surface area contributed by atoms with Crippen LogP contribution in [0.3, 0.4) is 0 Å². The first-order valence-electron chi connectivity index (χ1n) is 3.76. The topological polar surface area (TPSA) is 114 Å². The van der Waals surface area contributed by atoms with Crippen molar-refractivity contribution in [3.05, 3.63) is 23.5 Å². The second-order valence-electron chi connectivity index (χ2n) is 2.91. The van der Waals surface area contributed by atoms with Gasteiger partial charge in [0.25, 0.3) is 0 Å². The quantitative estimate of drug-likeness (QED) is 0.394. The summed E-state index contributed by atoms with van der Waals surface area (Å²) in [7, 11) is -10.4. The predicted molar refractivity (Wildman–Crippen MR) is 47.1 cm³/mol. The van der Waals surface area contributed by atoms with Gasteiger partial charge in [0.1, 0.15) is 26.1 Å². The minimum Gasteiger partial charge on any atom is -0.744 e. The molecule has 0 saturated carbocycles. The Kier molecular flexibility index (Phi) is 7.45. The first kappa shape index (κ1) is 20.5. The SMILES string of the molecule is Cc1c(F)ccc(S(=O)(=O)[O-])c1S(=O)(=O)[O-].[Li+].[Li+]. The Morgan fingerprint density at radius 1 is 1.00 bits per heavy atom. The van der Waals surface area contributed by atoms with Crippen molar-refractivity contribution in [3.8, 4) is 0 Å². The van der Waals surface area contributed by atoms with Gasteiger partial charge in [-0.1, -0.05) is 0 Å². The number of hydrogen-bond donors (Lipinski definition) is 0. The molecule has 0 radical (unpaired) electrons. The fourth-order valence-electron chi connectivity index (χ4n) is 1.15. The normalized spacial score (nSPS) is 11.3. The molecule has 0 amide bonds. The van der Waals surface area contributed by atoms with Crippen molar-refractivity contribution in [3.63, 3.8) is 0 Å². The average molecular weight is 282 g/mol. The molecular formula is C7H5FLi2O6S2. The van der Waals surface area contributed by atoms with Crippen molar-refractivity contribution in [1.82, 2.24) is 0 Å². The van der Waals surface area contributed by atoms with Gasteiger partial charge in [-0.15, -0.1) is 0 Å². The summed E-state index contributed by atoms with van der Waals surface area (Å²) in [6.45, 7) is 0.898. The van der Waals surface area contributed by atoms with Gasteiger partial charge in [-0.25, -0.2) is 21.2 Å². The minimum atomic E-state index is -5.24. The summed E-state index contributed by atoms with van der Waals surface area (Å²) >= 11 is 0. The van der Waals surface area contributed by atoms with Crippen LogP contribution in [0, 0.1) is 12.7 Å². The standard InChI is InChI=1S/C7H7FO6S2.2Li/c1-4-5(8)2-3-6(15(9,10)11)7(4)16(12,13)14;;/h2-3H,1H3,(H,9,10,11)(H,12,13,14);;/q;2*+1/p-2. The van der Waals surface area contributed by atoms with E-state index < -0.39 is 41.4 Å². The van der Waals surface area contributed by atoms with Crippen molar-refractivity contribution in [1.29, 1.82) is 0 Å². The molecule has 0 aliphatic rings. The Morgan fingerprint density at radius 2 is 1.44 bits per heavy atom. The van der Waals surface area contributed by atoms with Crippen molar-refractivity contribution >= 4 is 20.2 Å². The number of rotatable bonds is 2. The minimum absolute atomic E-state index is 0. The average Bonchev–Trinajstić information content (AvgIpc) is 2.05. The van der Waals surface area contributed by atoms with E-state index in [0.29, 0.717) is 12.1 Å². The third-order valence-electron chi connectivity index (χ3n) is 1.82. The van der Waals surface area contributed by atoms with E-state index in [2.05, 4.69) is 0 Å². The predicted octanol–water partition coefficient (Wildman–Crippen LogP) is -6.05.